The van der Waals surface area contributed by atoms with Crippen molar-refractivity contribution in [1.29, 1.82) is 0 Å². The van der Waals surface area contributed by atoms with E-state index in [1.54, 1.807) is 17.5 Å². The monoisotopic (exact) mass is 474 g/mol. The first-order chi connectivity index (χ1) is 12.1. The van der Waals surface area contributed by atoms with Crippen LogP contribution in [-0.2, 0) is 15.4 Å². The lowest BCUT2D eigenvalue weighted by Crippen LogP contribution is -2.12. The van der Waals surface area contributed by atoms with E-state index < -0.39 is 15.8 Å². The van der Waals surface area contributed by atoms with E-state index in [1.807, 2.05) is 5.38 Å². The maximum absolute atomic E-state index is 13.9. The minimum Gasteiger partial charge on any atom is -0.276 e. The Morgan fingerprint density at radius 1 is 1.15 bits per heavy atom. The highest BCUT2D eigenvalue weighted by Gasteiger charge is 2.22. The number of sulfonamides is 1. The summed E-state index contributed by atoms with van der Waals surface area (Å²) in [6.45, 7) is 6.23. The molecule has 0 atom stereocenters. The van der Waals surface area contributed by atoms with Crippen molar-refractivity contribution in [3.05, 3.63) is 51.0 Å². The van der Waals surface area contributed by atoms with Gasteiger partial charge in [-0.25, -0.2) is 17.8 Å². The van der Waals surface area contributed by atoms with Crippen LogP contribution in [0.5, 0.6) is 0 Å². The van der Waals surface area contributed by atoms with Gasteiger partial charge in [-0.3, -0.25) is 4.72 Å². The summed E-state index contributed by atoms with van der Waals surface area (Å²) in [6.07, 6.45) is 0. The molecule has 3 rings (SSSR count). The largest absolute Gasteiger partial charge is 0.276 e. The van der Waals surface area contributed by atoms with E-state index in [4.69, 9.17) is 0 Å². The smallest absolute Gasteiger partial charge is 0.271 e. The van der Waals surface area contributed by atoms with Gasteiger partial charge in [0.1, 0.15) is 15.0 Å². The molecule has 0 aliphatic heterocycles. The highest BCUT2D eigenvalue weighted by atomic mass is 79.9. The molecule has 0 unspecified atom stereocenters. The minimum absolute atomic E-state index is 0.0691. The van der Waals surface area contributed by atoms with Gasteiger partial charge in [0.15, 0.2) is 0 Å². The summed E-state index contributed by atoms with van der Waals surface area (Å²) < 4.78 is 42.0. The average molecular weight is 475 g/mol. The summed E-state index contributed by atoms with van der Waals surface area (Å²) in [6, 6.07) is 5.72. The maximum Gasteiger partial charge on any atom is 0.271 e. The van der Waals surface area contributed by atoms with E-state index in [0.717, 1.165) is 27.6 Å². The molecule has 2 aromatic heterocycles. The van der Waals surface area contributed by atoms with Gasteiger partial charge in [-0.15, -0.1) is 22.7 Å². The molecule has 0 saturated carbocycles. The first-order valence-electron chi connectivity index (χ1n) is 7.59. The van der Waals surface area contributed by atoms with Crippen LogP contribution in [-0.4, -0.2) is 13.4 Å². The molecule has 9 heteroatoms. The molecular weight excluding hydrogens is 459 g/mol. The number of hydrogen-bond acceptors (Lipinski definition) is 5. The number of nitrogens with zero attached hydrogens (tertiary/aromatic N) is 1. The Labute approximate surface area is 168 Å². The van der Waals surface area contributed by atoms with Gasteiger partial charge < -0.3 is 0 Å². The van der Waals surface area contributed by atoms with Gasteiger partial charge in [-0.1, -0.05) is 36.7 Å². The Morgan fingerprint density at radius 3 is 2.50 bits per heavy atom. The summed E-state index contributed by atoms with van der Waals surface area (Å²) in [5.41, 5.74) is 1.54. The third-order valence-electron chi connectivity index (χ3n) is 3.54. The van der Waals surface area contributed by atoms with Crippen molar-refractivity contribution < 1.29 is 12.8 Å². The third-order valence-corrected chi connectivity index (χ3v) is 7.72. The van der Waals surface area contributed by atoms with Gasteiger partial charge in [-0.2, -0.15) is 0 Å². The summed E-state index contributed by atoms with van der Waals surface area (Å²) >= 11 is 5.70. The number of hydrogen-bond donors (Lipinski definition) is 1. The molecule has 0 saturated heterocycles. The van der Waals surface area contributed by atoms with Crippen LogP contribution >= 0.6 is 38.6 Å². The Morgan fingerprint density at radius 2 is 1.88 bits per heavy atom. The number of nitrogens with one attached hydrogen (secondary N) is 1. The van der Waals surface area contributed by atoms with Crippen LogP contribution in [0.15, 0.2) is 43.7 Å². The first kappa shape index (κ1) is 19.5. The van der Waals surface area contributed by atoms with Crippen LogP contribution in [0.25, 0.3) is 10.6 Å². The maximum atomic E-state index is 13.9. The third kappa shape index (κ3) is 4.16. The van der Waals surface area contributed by atoms with E-state index in [1.165, 1.54) is 23.5 Å². The van der Waals surface area contributed by atoms with Crippen LogP contribution in [0.2, 0.25) is 0 Å². The van der Waals surface area contributed by atoms with Crippen molar-refractivity contribution >= 4 is 54.3 Å². The first-order valence-corrected chi connectivity index (χ1v) is 11.6. The van der Waals surface area contributed by atoms with Gasteiger partial charge in [-0.05, 0) is 24.3 Å². The molecule has 0 radical (unpaired) electrons. The number of thiazole rings is 1. The number of benzene rings is 1. The Bertz CT molecular complexity index is 1050. The molecule has 3 aromatic rings. The molecule has 1 aromatic carbocycles. The Kier molecular flexibility index (Phi) is 5.26. The van der Waals surface area contributed by atoms with Crippen molar-refractivity contribution in [2.24, 2.45) is 0 Å². The van der Waals surface area contributed by atoms with Crippen LogP contribution in [0.4, 0.5) is 10.1 Å². The van der Waals surface area contributed by atoms with Crippen LogP contribution in [0.3, 0.4) is 0 Å². The van der Waals surface area contributed by atoms with E-state index in [-0.39, 0.29) is 15.3 Å². The zero-order chi connectivity index (χ0) is 19.1. The average Bonchev–Trinajstić information content (AvgIpc) is 3.17. The number of rotatable bonds is 4. The van der Waals surface area contributed by atoms with E-state index in [0.29, 0.717) is 4.47 Å². The molecule has 0 spiro atoms. The molecule has 0 aliphatic carbocycles. The predicted octanol–water partition coefficient (Wildman–Crippen LogP) is 5.87. The molecule has 4 nitrogen and oxygen atoms in total. The normalized spacial score (nSPS) is 12.3. The molecule has 26 heavy (non-hydrogen) atoms. The molecular formula is C17H16BrFN2O2S3. The van der Waals surface area contributed by atoms with Crippen molar-refractivity contribution in [3.63, 3.8) is 0 Å². The second kappa shape index (κ2) is 7.03. The minimum atomic E-state index is -3.87. The van der Waals surface area contributed by atoms with Crippen LogP contribution < -0.4 is 4.72 Å². The van der Waals surface area contributed by atoms with Crippen LogP contribution in [0, 0.1) is 5.82 Å². The fraction of sp³-hybridized carbons (Fsp3) is 0.235. The molecule has 1 N–H and O–H groups in total. The van der Waals surface area contributed by atoms with Crippen LogP contribution in [0.1, 0.15) is 26.5 Å². The van der Waals surface area contributed by atoms with Crippen molar-refractivity contribution in [3.8, 4) is 10.6 Å². The van der Waals surface area contributed by atoms with Gasteiger partial charge in [0.25, 0.3) is 10.0 Å². The molecule has 0 fully saturated rings. The second-order valence-corrected chi connectivity index (χ2v) is 11.3. The summed E-state index contributed by atoms with van der Waals surface area (Å²) in [5, 5.41) is 4.50. The second-order valence-electron chi connectivity index (χ2n) is 6.67. The SMILES string of the molecule is CC(C)(C)c1csc(-c2csc(S(=O)(=O)Nc3ccc(Br)cc3F)c2)n1. The summed E-state index contributed by atoms with van der Waals surface area (Å²) in [4.78, 5) is 4.60. The number of anilines is 1. The fourth-order valence-electron chi connectivity index (χ4n) is 2.09. The lowest BCUT2D eigenvalue weighted by molar-refractivity contribution is 0.573. The summed E-state index contributed by atoms with van der Waals surface area (Å²) in [5.74, 6) is -0.644. The number of aromatic nitrogens is 1. The number of halogens is 2. The van der Waals surface area contributed by atoms with E-state index in [2.05, 4.69) is 46.4 Å². The number of thiophene rings is 1. The summed E-state index contributed by atoms with van der Waals surface area (Å²) in [7, 11) is -3.87. The van der Waals surface area contributed by atoms with Gasteiger partial charge in [0, 0.05) is 26.2 Å². The zero-order valence-electron chi connectivity index (χ0n) is 14.2. The van der Waals surface area contributed by atoms with E-state index >= 15 is 0 Å². The van der Waals surface area contributed by atoms with Gasteiger partial charge >= 0.3 is 0 Å². The Hall–Kier alpha value is -1.29. The van der Waals surface area contributed by atoms with Gasteiger partial charge in [0.05, 0.1) is 11.4 Å². The van der Waals surface area contributed by atoms with Crippen molar-refractivity contribution in [1.82, 2.24) is 4.98 Å². The lowest BCUT2D eigenvalue weighted by Gasteiger charge is -2.14. The van der Waals surface area contributed by atoms with E-state index in [9.17, 15) is 12.8 Å². The topological polar surface area (TPSA) is 59.1 Å². The molecule has 0 amide bonds. The fourth-order valence-corrected chi connectivity index (χ4v) is 5.76. The highest BCUT2D eigenvalue weighted by Crippen LogP contribution is 2.34. The quantitative estimate of drug-likeness (QED) is 0.513. The molecule has 138 valence electrons. The predicted molar refractivity (Wildman–Crippen MR) is 109 cm³/mol. The Balaban J connectivity index is 1.87. The molecule has 2 heterocycles. The van der Waals surface area contributed by atoms with Crippen molar-refractivity contribution in [2.75, 3.05) is 4.72 Å². The van der Waals surface area contributed by atoms with Crippen molar-refractivity contribution in [2.45, 2.75) is 30.4 Å². The zero-order valence-corrected chi connectivity index (χ0v) is 18.2. The molecule has 0 aliphatic rings. The lowest BCUT2D eigenvalue weighted by atomic mass is 9.93. The standard InChI is InChI=1S/C17H16BrFN2O2S3/c1-17(2,3)14-9-25-16(20-14)10-6-15(24-8-10)26(22,23)21-13-5-4-11(18)7-12(13)19/h4-9,21H,1-3H3. The molecule has 0 bridgehead atoms. The highest BCUT2D eigenvalue weighted by molar-refractivity contribution is 9.10. The van der Waals surface area contributed by atoms with Gasteiger partial charge in [0.2, 0.25) is 0 Å².